The summed E-state index contributed by atoms with van der Waals surface area (Å²) in [6, 6.07) is 14.7. The predicted octanol–water partition coefficient (Wildman–Crippen LogP) is 3.25. The predicted molar refractivity (Wildman–Crippen MR) is 109 cm³/mol. The monoisotopic (exact) mass is 380 g/mol. The van der Waals surface area contributed by atoms with E-state index < -0.39 is 0 Å². The lowest BCUT2D eigenvalue weighted by Crippen LogP contribution is -2.48. The van der Waals surface area contributed by atoms with Gasteiger partial charge in [-0.1, -0.05) is 37.3 Å². The lowest BCUT2D eigenvalue weighted by Gasteiger charge is -2.35. The van der Waals surface area contributed by atoms with E-state index in [0.717, 1.165) is 57.1 Å². The van der Waals surface area contributed by atoms with E-state index in [0.29, 0.717) is 13.2 Å². The Bertz CT molecular complexity index is 811. The molecule has 1 saturated heterocycles. The highest BCUT2D eigenvalue weighted by Gasteiger charge is 2.21. The van der Waals surface area contributed by atoms with Crippen molar-refractivity contribution in [3.8, 4) is 11.5 Å². The molecule has 0 spiro atoms. The molecule has 1 fully saturated rings. The zero-order chi connectivity index (χ0) is 19.3. The maximum absolute atomic E-state index is 12.6. The number of hydrogen-bond donors (Lipinski definition) is 0. The first-order valence-electron chi connectivity index (χ1n) is 10.2. The standard InChI is InChI=1S/C23H28N2O3/c1-2-18-3-5-19(6-4-18)8-10-23(26)25-13-11-24(12-14-25)16-20-7-9-21-22(15-20)28-17-27-21/h3-7,9,15H,2,8,10-14,16-17H2,1H3. The molecule has 5 heteroatoms. The highest BCUT2D eigenvalue weighted by molar-refractivity contribution is 5.76. The first-order valence-corrected chi connectivity index (χ1v) is 10.2. The lowest BCUT2D eigenvalue weighted by molar-refractivity contribution is -0.133. The third kappa shape index (κ3) is 4.47. The number of nitrogens with zero attached hydrogens (tertiary/aromatic N) is 2. The fourth-order valence-corrected chi connectivity index (χ4v) is 3.80. The van der Waals surface area contributed by atoms with Gasteiger partial charge in [-0.2, -0.15) is 0 Å². The molecule has 28 heavy (non-hydrogen) atoms. The van der Waals surface area contributed by atoms with E-state index in [1.165, 1.54) is 16.7 Å². The van der Waals surface area contributed by atoms with Crippen molar-refractivity contribution in [2.75, 3.05) is 33.0 Å². The highest BCUT2D eigenvalue weighted by Crippen LogP contribution is 2.32. The molecule has 0 bridgehead atoms. The summed E-state index contributed by atoms with van der Waals surface area (Å²) in [7, 11) is 0. The maximum atomic E-state index is 12.6. The van der Waals surface area contributed by atoms with Crippen LogP contribution in [0.25, 0.3) is 0 Å². The summed E-state index contributed by atoms with van der Waals surface area (Å²) in [5.41, 5.74) is 3.81. The molecular formula is C23H28N2O3. The minimum atomic E-state index is 0.266. The Morgan fingerprint density at radius 3 is 2.32 bits per heavy atom. The van der Waals surface area contributed by atoms with E-state index in [1.54, 1.807) is 0 Å². The van der Waals surface area contributed by atoms with Crippen LogP contribution in [0.4, 0.5) is 0 Å². The second-order valence-corrected chi connectivity index (χ2v) is 7.51. The van der Waals surface area contributed by atoms with E-state index in [-0.39, 0.29) is 5.91 Å². The summed E-state index contributed by atoms with van der Waals surface area (Å²) in [6.45, 7) is 6.77. The molecule has 2 heterocycles. The molecule has 0 atom stereocenters. The third-order valence-electron chi connectivity index (χ3n) is 5.63. The quantitative estimate of drug-likeness (QED) is 0.772. The van der Waals surface area contributed by atoms with Crippen LogP contribution in [0.1, 0.15) is 30.0 Å². The van der Waals surface area contributed by atoms with Crippen LogP contribution in [0, 0.1) is 0 Å². The van der Waals surface area contributed by atoms with Crippen LogP contribution in [-0.2, 0) is 24.2 Å². The SMILES string of the molecule is CCc1ccc(CCC(=O)N2CCN(Cc3ccc4c(c3)OCO4)CC2)cc1. The number of carbonyl (C=O) groups excluding carboxylic acids is 1. The van der Waals surface area contributed by atoms with Crippen LogP contribution >= 0.6 is 0 Å². The molecule has 5 nitrogen and oxygen atoms in total. The van der Waals surface area contributed by atoms with Crippen LogP contribution in [0.3, 0.4) is 0 Å². The van der Waals surface area contributed by atoms with E-state index in [2.05, 4.69) is 48.2 Å². The number of fused-ring (bicyclic) bond motifs is 1. The van der Waals surface area contributed by atoms with Gasteiger partial charge in [-0.05, 0) is 41.7 Å². The Morgan fingerprint density at radius 2 is 1.57 bits per heavy atom. The summed E-state index contributed by atoms with van der Waals surface area (Å²) in [5, 5.41) is 0. The molecule has 148 valence electrons. The second kappa shape index (κ2) is 8.65. The molecule has 0 radical (unpaired) electrons. The summed E-state index contributed by atoms with van der Waals surface area (Å²) in [4.78, 5) is 17.0. The third-order valence-corrected chi connectivity index (χ3v) is 5.63. The number of rotatable bonds is 6. The van der Waals surface area contributed by atoms with Gasteiger partial charge in [0.2, 0.25) is 12.7 Å². The van der Waals surface area contributed by atoms with Crippen molar-refractivity contribution >= 4 is 5.91 Å². The Balaban J connectivity index is 1.22. The average molecular weight is 380 g/mol. The summed E-state index contributed by atoms with van der Waals surface area (Å²) < 4.78 is 10.8. The minimum Gasteiger partial charge on any atom is -0.454 e. The van der Waals surface area contributed by atoms with Crippen LogP contribution in [-0.4, -0.2) is 48.7 Å². The van der Waals surface area contributed by atoms with Gasteiger partial charge in [0.15, 0.2) is 11.5 Å². The van der Waals surface area contributed by atoms with Crippen LogP contribution in [0.5, 0.6) is 11.5 Å². The molecule has 0 N–H and O–H groups in total. The zero-order valence-electron chi connectivity index (χ0n) is 16.5. The number of piperazine rings is 1. The normalized spacial score (nSPS) is 16.4. The van der Waals surface area contributed by atoms with Gasteiger partial charge in [0.05, 0.1) is 0 Å². The van der Waals surface area contributed by atoms with Gasteiger partial charge in [0, 0.05) is 39.1 Å². The van der Waals surface area contributed by atoms with Crippen LogP contribution < -0.4 is 9.47 Å². The number of aryl methyl sites for hydroxylation is 2. The lowest BCUT2D eigenvalue weighted by atomic mass is 10.1. The van der Waals surface area contributed by atoms with Crippen molar-refractivity contribution in [1.29, 1.82) is 0 Å². The molecule has 0 saturated carbocycles. The van der Waals surface area contributed by atoms with Crippen molar-refractivity contribution in [2.24, 2.45) is 0 Å². The maximum Gasteiger partial charge on any atom is 0.231 e. The van der Waals surface area contributed by atoms with E-state index in [9.17, 15) is 4.79 Å². The molecule has 2 aliphatic heterocycles. The number of hydrogen-bond acceptors (Lipinski definition) is 4. The topological polar surface area (TPSA) is 42.0 Å². The van der Waals surface area contributed by atoms with Crippen molar-refractivity contribution in [3.63, 3.8) is 0 Å². The fourth-order valence-electron chi connectivity index (χ4n) is 3.80. The number of amides is 1. The molecular weight excluding hydrogens is 352 g/mol. The van der Waals surface area contributed by atoms with Gasteiger partial charge >= 0.3 is 0 Å². The Morgan fingerprint density at radius 1 is 0.893 bits per heavy atom. The van der Waals surface area contributed by atoms with Crippen molar-refractivity contribution in [1.82, 2.24) is 9.80 Å². The summed E-state index contributed by atoms with van der Waals surface area (Å²) >= 11 is 0. The van der Waals surface area contributed by atoms with Gasteiger partial charge in [-0.25, -0.2) is 0 Å². The smallest absolute Gasteiger partial charge is 0.231 e. The first kappa shape index (κ1) is 18.8. The highest BCUT2D eigenvalue weighted by atomic mass is 16.7. The Labute approximate surface area is 166 Å². The van der Waals surface area contributed by atoms with Crippen molar-refractivity contribution < 1.29 is 14.3 Å². The molecule has 0 aliphatic carbocycles. The first-order chi connectivity index (χ1) is 13.7. The van der Waals surface area contributed by atoms with Crippen LogP contribution in [0.15, 0.2) is 42.5 Å². The Hall–Kier alpha value is -2.53. The largest absolute Gasteiger partial charge is 0.454 e. The van der Waals surface area contributed by atoms with Crippen molar-refractivity contribution in [3.05, 3.63) is 59.2 Å². The molecule has 4 rings (SSSR count). The second-order valence-electron chi connectivity index (χ2n) is 7.51. The summed E-state index contributed by atoms with van der Waals surface area (Å²) in [6.07, 6.45) is 2.46. The average Bonchev–Trinajstić information content (AvgIpc) is 3.21. The van der Waals surface area contributed by atoms with Gasteiger partial charge in [0.25, 0.3) is 0 Å². The molecule has 1 amide bonds. The molecule has 2 aromatic rings. The number of ether oxygens (including phenoxy) is 2. The van der Waals surface area contributed by atoms with Gasteiger partial charge < -0.3 is 14.4 Å². The van der Waals surface area contributed by atoms with Gasteiger partial charge in [-0.15, -0.1) is 0 Å². The van der Waals surface area contributed by atoms with Crippen LogP contribution in [0.2, 0.25) is 0 Å². The van der Waals surface area contributed by atoms with E-state index in [1.807, 2.05) is 11.0 Å². The van der Waals surface area contributed by atoms with Crippen molar-refractivity contribution in [2.45, 2.75) is 32.7 Å². The minimum absolute atomic E-state index is 0.266. The molecule has 0 unspecified atom stereocenters. The Kier molecular flexibility index (Phi) is 5.81. The van der Waals surface area contributed by atoms with Gasteiger partial charge in [-0.3, -0.25) is 9.69 Å². The molecule has 2 aromatic carbocycles. The van der Waals surface area contributed by atoms with Gasteiger partial charge in [0.1, 0.15) is 0 Å². The number of carbonyl (C=O) groups is 1. The summed E-state index contributed by atoms with van der Waals surface area (Å²) in [5.74, 6) is 1.92. The number of benzene rings is 2. The van der Waals surface area contributed by atoms with E-state index >= 15 is 0 Å². The fraction of sp³-hybridized carbons (Fsp3) is 0.435. The van der Waals surface area contributed by atoms with E-state index in [4.69, 9.17) is 9.47 Å². The zero-order valence-corrected chi connectivity index (χ0v) is 16.5. The molecule has 0 aromatic heterocycles. The molecule has 2 aliphatic rings.